The third-order valence-electron chi connectivity index (χ3n) is 14.4. The van der Waals surface area contributed by atoms with Gasteiger partial charge in [-0.3, -0.25) is 24.4 Å². The molecule has 10 rings (SSSR count). The summed E-state index contributed by atoms with van der Waals surface area (Å²) in [6.07, 6.45) is 7.85. The molecule has 0 spiro atoms. The standard InChI is InChI=1S/C51H56ClFN8O7S/c1-50(2)14-11-35(42(28-50)33-3-5-36(52)6-4-33)30-58-20-22-60(23-21-58)37-7-9-40(44(26-37)61-45-25-34-12-17-54-47(34)56-43(45)29-55-61)48(62)57-69(65,66)39-8-10-46(41(27-39)49(63)64)68-32-51(53)15-18-59(19-16-51)38-13-24-67-31-38/h3-10,12,17,25-27,29,38,55H,11,13-16,18-24,28,30-32H2,1-2H3,(H,57,62)(H,63,64). The number of hydrogen-bond acceptors (Lipinski definition) is 11. The summed E-state index contributed by atoms with van der Waals surface area (Å²) in [5.41, 5.74) is 5.18. The number of nitrogens with zero attached hydrogens (tertiary/aromatic N) is 6. The molecule has 18 heteroatoms. The van der Waals surface area contributed by atoms with E-state index in [4.69, 9.17) is 21.1 Å². The van der Waals surface area contributed by atoms with Crippen molar-refractivity contribution in [3.63, 3.8) is 0 Å². The molecule has 69 heavy (non-hydrogen) atoms. The Bertz CT molecular complexity index is 3060. The number of alkyl halides is 1. The van der Waals surface area contributed by atoms with E-state index in [9.17, 15) is 23.1 Å². The van der Waals surface area contributed by atoms with Gasteiger partial charge in [-0.15, -0.1) is 0 Å². The van der Waals surface area contributed by atoms with Gasteiger partial charge in [0.15, 0.2) is 5.65 Å². The fraction of sp³-hybridized carbons (Fsp3) is 0.412. The summed E-state index contributed by atoms with van der Waals surface area (Å²) in [6.45, 7) is 10.6. The average Bonchev–Trinajstić information content (AvgIpc) is 4.13. The number of carboxylic acid groups (broad SMARTS) is 1. The van der Waals surface area contributed by atoms with Gasteiger partial charge in [0.2, 0.25) is 0 Å². The van der Waals surface area contributed by atoms with Crippen molar-refractivity contribution in [2.75, 3.05) is 70.5 Å². The fourth-order valence-corrected chi connectivity index (χ4v) is 11.4. The minimum absolute atomic E-state index is 0.0375. The Labute approximate surface area is 405 Å². The summed E-state index contributed by atoms with van der Waals surface area (Å²) in [4.78, 5) is 42.3. The number of hydrogen-bond donors (Lipinski definition) is 3. The lowest BCUT2D eigenvalue weighted by Crippen LogP contribution is -2.48. The second kappa shape index (κ2) is 18.8. The maximum absolute atomic E-state index is 15.9. The molecule has 3 saturated heterocycles. The number of likely N-dealkylation sites (tertiary alicyclic amines) is 1. The van der Waals surface area contributed by atoms with Gasteiger partial charge in [-0.2, -0.15) is 0 Å². The monoisotopic (exact) mass is 978 g/mol. The van der Waals surface area contributed by atoms with Crippen LogP contribution >= 0.6 is 11.6 Å². The van der Waals surface area contributed by atoms with Crippen molar-refractivity contribution in [2.45, 2.75) is 69.0 Å². The zero-order chi connectivity index (χ0) is 48.1. The van der Waals surface area contributed by atoms with E-state index in [0.717, 1.165) is 86.6 Å². The van der Waals surface area contributed by atoms with Crippen molar-refractivity contribution in [1.82, 2.24) is 34.3 Å². The van der Waals surface area contributed by atoms with Gasteiger partial charge in [0.05, 0.1) is 28.3 Å². The number of H-pyrrole nitrogens is 1. The van der Waals surface area contributed by atoms with Gasteiger partial charge < -0.3 is 19.5 Å². The van der Waals surface area contributed by atoms with Crippen molar-refractivity contribution in [1.29, 1.82) is 0 Å². The molecule has 3 aliphatic heterocycles. The Morgan fingerprint density at radius 1 is 0.971 bits per heavy atom. The Hall–Kier alpha value is -5.85. The highest BCUT2D eigenvalue weighted by Gasteiger charge is 2.39. The second-order valence-corrected chi connectivity index (χ2v) is 21.8. The number of allylic oxidation sites excluding steroid dienone is 1. The predicted octanol–water partition coefficient (Wildman–Crippen LogP) is 8.13. The number of piperidine rings is 1. The van der Waals surface area contributed by atoms with Crippen LogP contribution in [0.15, 0.2) is 95.7 Å². The number of rotatable bonds is 13. The Balaban J connectivity index is 0.879. The first-order chi connectivity index (χ1) is 33.1. The lowest BCUT2D eigenvalue weighted by Gasteiger charge is -2.39. The van der Waals surface area contributed by atoms with E-state index in [0.29, 0.717) is 48.7 Å². The number of pyridine rings is 1. The molecule has 3 N–H and O–H groups in total. The van der Waals surface area contributed by atoms with Crippen LogP contribution in [0.25, 0.3) is 33.3 Å². The number of anilines is 1. The molecule has 0 radical (unpaired) electrons. The highest BCUT2D eigenvalue weighted by molar-refractivity contribution is 7.90. The first kappa shape index (κ1) is 46.9. The van der Waals surface area contributed by atoms with Gasteiger partial charge in [0.25, 0.3) is 15.9 Å². The predicted molar refractivity (Wildman–Crippen MR) is 263 cm³/mol. The molecule has 1 amide bonds. The van der Waals surface area contributed by atoms with E-state index in [1.54, 1.807) is 23.1 Å². The summed E-state index contributed by atoms with van der Waals surface area (Å²) < 4.78 is 59.0. The molecule has 15 nitrogen and oxygen atoms in total. The summed E-state index contributed by atoms with van der Waals surface area (Å²) in [5, 5.41) is 14.9. The number of carbonyl (C=O) groups excluding carboxylic acids is 1. The number of halogens is 2. The summed E-state index contributed by atoms with van der Waals surface area (Å²) >= 11 is 6.27. The molecule has 6 heterocycles. The van der Waals surface area contributed by atoms with Gasteiger partial charge in [0, 0.05) is 87.0 Å². The molecular formula is C51H56ClFN8O7S. The van der Waals surface area contributed by atoms with Crippen molar-refractivity contribution in [2.24, 2.45) is 5.41 Å². The molecule has 1 unspecified atom stereocenters. The number of piperazine rings is 1. The van der Waals surface area contributed by atoms with Crippen LogP contribution in [0.5, 0.6) is 5.75 Å². The topological polar surface area (TPSA) is 175 Å². The van der Waals surface area contributed by atoms with Gasteiger partial charge >= 0.3 is 5.97 Å². The quantitative estimate of drug-likeness (QED) is 0.102. The lowest BCUT2D eigenvalue weighted by molar-refractivity contribution is 0.00270. The minimum Gasteiger partial charge on any atom is -0.489 e. The molecule has 6 aromatic rings. The number of aromatic amines is 1. The van der Waals surface area contributed by atoms with Crippen LogP contribution in [0, 0.1) is 5.41 Å². The van der Waals surface area contributed by atoms with Gasteiger partial charge in [0.1, 0.15) is 29.1 Å². The molecule has 0 bridgehead atoms. The second-order valence-electron chi connectivity index (χ2n) is 19.6. The maximum atomic E-state index is 15.9. The highest BCUT2D eigenvalue weighted by Crippen LogP contribution is 2.43. The van der Waals surface area contributed by atoms with Crippen LogP contribution in [-0.4, -0.2) is 132 Å². The molecule has 1 aliphatic carbocycles. The first-order valence-electron chi connectivity index (χ1n) is 23.6. The third-order valence-corrected chi connectivity index (χ3v) is 16.0. The highest BCUT2D eigenvalue weighted by atomic mass is 35.5. The zero-order valence-electron chi connectivity index (χ0n) is 38.7. The number of benzene rings is 3. The van der Waals surface area contributed by atoms with Crippen LogP contribution in [-0.2, 0) is 14.8 Å². The van der Waals surface area contributed by atoms with E-state index >= 15 is 4.39 Å². The van der Waals surface area contributed by atoms with E-state index < -0.39 is 44.6 Å². The SMILES string of the molecule is CC1(C)CCC(CN2CCN(c3ccc(C(=O)NS(=O)(=O)c4ccc(OCC5(F)CCN(C6CCOC6)CC5)c(C(=O)O)c4)c(-n4[nH]cc5nc6nccc6cc54)c3)CC2)=C(c2ccc(Cl)cc2)C1. The number of ether oxygens (including phenoxy) is 2. The molecule has 1 atom stereocenters. The zero-order valence-corrected chi connectivity index (χ0v) is 40.3. The van der Waals surface area contributed by atoms with Gasteiger partial charge in [-0.25, -0.2) is 32.3 Å². The number of aromatic nitrogens is 4. The molecular weight excluding hydrogens is 923 g/mol. The first-order valence-corrected chi connectivity index (χ1v) is 25.4. The van der Waals surface area contributed by atoms with Crippen molar-refractivity contribution < 1.29 is 37.0 Å². The number of nitrogens with one attached hydrogen (secondary N) is 2. The third kappa shape index (κ3) is 9.97. The van der Waals surface area contributed by atoms with Crippen LogP contribution in [0.1, 0.15) is 78.7 Å². The number of fused-ring (bicyclic) bond motifs is 2. The minimum atomic E-state index is -4.64. The lowest BCUT2D eigenvalue weighted by atomic mass is 9.72. The Morgan fingerprint density at radius 2 is 1.75 bits per heavy atom. The van der Waals surface area contributed by atoms with Crippen molar-refractivity contribution >= 4 is 66.8 Å². The fourth-order valence-electron chi connectivity index (χ4n) is 10.3. The number of carbonyl (C=O) groups is 2. The Morgan fingerprint density at radius 3 is 2.49 bits per heavy atom. The summed E-state index contributed by atoms with van der Waals surface area (Å²) in [7, 11) is -4.64. The smallest absolute Gasteiger partial charge is 0.339 e. The molecule has 3 aromatic heterocycles. The van der Waals surface area contributed by atoms with Crippen molar-refractivity contribution in [3.05, 3.63) is 112 Å². The number of sulfonamides is 1. The van der Waals surface area contributed by atoms with E-state index in [1.807, 2.05) is 36.4 Å². The molecule has 3 aromatic carbocycles. The maximum Gasteiger partial charge on any atom is 0.339 e. The summed E-state index contributed by atoms with van der Waals surface area (Å²) in [6, 6.07) is 20.7. The Kier molecular flexibility index (Phi) is 12.8. The van der Waals surface area contributed by atoms with Crippen LogP contribution < -0.4 is 14.4 Å². The molecule has 4 aliphatic rings. The summed E-state index contributed by atoms with van der Waals surface area (Å²) in [5.74, 6) is -2.58. The molecule has 362 valence electrons. The largest absolute Gasteiger partial charge is 0.489 e. The normalized spacial score (nSPS) is 20.2. The van der Waals surface area contributed by atoms with E-state index in [1.165, 1.54) is 22.8 Å². The average molecular weight is 980 g/mol. The van der Waals surface area contributed by atoms with E-state index in [-0.39, 0.29) is 35.6 Å². The number of carboxylic acids is 1. The number of aromatic carboxylic acids is 1. The van der Waals surface area contributed by atoms with Crippen molar-refractivity contribution in [3.8, 4) is 11.4 Å². The van der Waals surface area contributed by atoms with Crippen LogP contribution in [0.3, 0.4) is 0 Å². The van der Waals surface area contributed by atoms with Crippen LogP contribution in [0.4, 0.5) is 10.1 Å². The van der Waals surface area contributed by atoms with Gasteiger partial charge in [-0.05, 0) is 116 Å². The number of amides is 1. The molecule has 3 fully saturated rings. The van der Waals surface area contributed by atoms with E-state index in [2.05, 4.69) is 60.5 Å². The van der Waals surface area contributed by atoms with Gasteiger partial charge in [-0.1, -0.05) is 43.2 Å². The molecule has 0 saturated carbocycles. The van der Waals surface area contributed by atoms with Crippen LogP contribution in [0.2, 0.25) is 5.02 Å².